The Hall–Kier alpha value is -2.04. The molecule has 0 fully saturated rings. The topological polar surface area (TPSA) is 64.6 Å². The van der Waals surface area contributed by atoms with E-state index in [0.717, 1.165) is 12.0 Å². The van der Waals surface area contributed by atoms with Crippen molar-refractivity contribution in [3.05, 3.63) is 23.8 Å². The zero-order valence-electron chi connectivity index (χ0n) is 10.2. The summed E-state index contributed by atoms with van der Waals surface area (Å²) >= 11 is 0. The molecule has 0 atom stereocenters. The van der Waals surface area contributed by atoms with E-state index in [4.69, 9.17) is 9.47 Å². The average molecular weight is 249 g/mol. The summed E-state index contributed by atoms with van der Waals surface area (Å²) in [6.45, 7) is 2.81. The number of amides is 1. The van der Waals surface area contributed by atoms with E-state index in [1.165, 1.54) is 6.92 Å². The average Bonchev–Trinajstić information content (AvgIpc) is 2.60. The third-order valence-corrected chi connectivity index (χ3v) is 2.58. The Kier molecular flexibility index (Phi) is 3.82. The van der Waals surface area contributed by atoms with Crippen molar-refractivity contribution in [1.82, 2.24) is 5.32 Å². The van der Waals surface area contributed by atoms with Gasteiger partial charge >= 0.3 is 0 Å². The molecule has 1 aromatic rings. The van der Waals surface area contributed by atoms with Crippen LogP contribution >= 0.6 is 0 Å². The summed E-state index contributed by atoms with van der Waals surface area (Å²) < 4.78 is 11.0. The van der Waals surface area contributed by atoms with Crippen LogP contribution in [-0.2, 0) is 16.1 Å². The van der Waals surface area contributed by atoms with Crippen LogP contribution in [0, 0.1) is 0 Å². The number of ketones is 1. The van der Waals surface area contributed by atoms with Crippen LogP contribution in [0.25, 0.3) is 0 Å². The van der Waals surface area contributed by atoms with Crippen LogP contribution in [0.3, 0.4) is 0 Å². The van der Waals surface area contributed by atoms with Gasteiger partial charge in [0.1, 0.15) is 0 Å². The van der Waals surface area contributed by atoms with Gasteiger partial charge in [0.15, 0.2) is 11.5 Å². The molecule has 0 unspecified atom stereocenters. The number of carbonyl (C=O) groups excluding carboxylic acids is 2. The highest BCUT2D eigenvalue weighted by Gasteiger charge is 2.11. The molecular formula is C13H15NO4. The van der Waals surface area contributed by atoms with Gasteiger partial charge in [0.2, 0.25) is 5.78 Å². The van der Waals surface area contributed by atoms with Crippen LogP contribution in [-0.4, -0.2) is 24.9 Å². The van der Waals surface area contributed by atoms with Crippen LogP contribution in [0.2, 0.25) is 0 Å². The summed E-state index contributed by atoms with van der Waals surface area (Å²) in [5.74, 6) is 0.322. The van der Waals surface area contributed by atoms with Crippen molar-refractivity contribution in [2.45, 2.75) is 19.9 Å². The fourth-order valence-corrected chi connectivity index (χ4v) is 1.62. The number of nitrogens with one attached hydrogen (secondary N) is 1. The van der Waals surface area contributed by atoms with Gasteiger partial charge < -0.3 is 14.8 Å². The number of hydrogen-bond donors (Lipinski definition) is 1. The molecule has 5 heteroatoms. The van der Waals surface area contributed by atoms with Gasteiger partial charge in [0, 0.05) is 19.9 Å². The molecule has 1 N–H and O–H groups in total. The molecule has 1 aliphatic heterocycles. The minimum Gasteiger partial charge on any atom is -0.490 e. The summed E-state index contributed by atoms with van der Waals surface area (Å²) in [7, 11) is 0. The lowest BCUT2D eigenvalue weighted by molar-refractivity contribution is -0.136. The van der Waals surface area contributed by atoms with Gasteiger partial charge in [-0.1, -0.05) is 6.07 Å². The Bertz CT molecular complexity index is 470. The van der Waals surface area contributed by atoms with Crippen molar-refractivity contribution >= 4 is 11.7 Å². The van der Waals surface area contributed by atoms with Gasteiger partial charge in [0.05, 0.1) is 13.2 Å². The van der Waals surface area contributed by atoms with E-state index in [-0.39, 0.29) is 0 Å². The standard InChI is InChI=1S/C13H15NO4/c1-9(15)13(16)14-8-10-3-4-11-12(7-10)18-6-2-5-17-11/h3-4,7H,2,5-6,8H2,1H3,(H,14,16). The van der Waals surface area contributed by atoms with Gasteiger partial charge in [-0.05, 0) is 17.7 Å². The maximum Gasteiger partial charge on any atom is 0.287 e. The molecule has 0 bridgehead atoms. The Morgan fingerprint density at radius 3 is 2.67 bits per heavy atom. The highest BCUT2D eigenvalue weighted by Crippen LogP contribution is 2.30. The third-order valence-electron chi connectivity index (χ3n) is 2.58. The van der Waals surface area contributed by atoms with E-state index in [2.05, 4.69) is 5.32 Å². The van der Waals surface area contributed by atoms with Crippen LogP contribution in [0.15, 0.2) is 18.2 Å². The maximum absolute atomic E-state index is 11.1. The highest BCUT2D eigenvalue weighted by atomic mass is 16.5. The van der Waals surface area contributed by atoms with Crippen LogP contribution in [0.1, 0.15) is 18.9 Å². The smallest absolute Gasteiger partial charge is 0.287 e. The fraction of sp³-hybridized carbons (Fsp3) is 0.385. The van der Waals surface area contributed by atoms with Crippen molar-refractivity contribution in [2.75, 3.05) is 13.2 Å². The monoisotopic (exact) mass is 249 g/mol. The number of carbonyl (C=O) groups is 2. The number of ether oxygens (including phenoxy) is 2. The number of hydrogen-bond acceptors (Lipinski definition) is 4. The molecule has 0 radical (unpaired) electrons. The molecule has 0 saturated carbocycles. The Morgan fingerprint density at radius 2 is 1.94 bits per heavy atom. The predicted octanol–water partition coefficient (Wildman–Crippen LogP) is 1.05. The SMILES string of the molecule is CC(=O)C(=O)NCc1ccc2c(c1)OCCCO2. The lowest BCUT2D eigenvalue weighted by Crippen LogP contribution is -2.28. The van der Waals surface area contributed by atoms with E-state index in [9.17, 15) is 9.59 Å². The Balaban J connectivity index is 2.04. The van der Waals surface area contributed by atoms with Crippen LogP contribution < -0.4 is 14.8 Å². The number of fused-ring (bicyclic) bond motifs is 1. The summed E-state index contributed by atoms with van der Waals surface area (Å²) in [5, 5.41) is 2.54. The first kappa shape index (κ1) is 12.4. The normalized spacial score (nSPS) is 13.6. The van der Waals surface area contributed by atoms with Crippen LogP contribution in [0.5, 0.6) is 11.5 Å². The molecule has 1 aromatic carbocycles. The van der Waals surface area contributed by atoms with Gasteiger partial charge in [-0.3, -0.25) is 9.59 Å². The lowest BCUT2D eigenvalue weighted by atomic mass is 10.2. The molecule has 0 saturated heterocycles. The summed E-state index contributed by atoms with van der Waals surface area (Å²) in [6.07, 6.45) is 0.852. The van der Waals surface area contributed by atoms with E-state index in [1.807, 2.05) is 18.2 Å². The molecular weight excluding hydrogens is 234 g/mol. The van der Waals surface area contributed by atoms with E-state index >= 15 is 0 Å². The number of rotatable bonds is 3. The lowest BCUT2D eigenvalue weighted by Gasteiger charge is -2.09. The van der Waals surface area contributed by atoms with E-state index < -0.39 is 11.7 Å². The van der Waals surface area contributed by atoms with Gasteiger partial charge in [-0.25, -0.2) is 0 Å². The van der Waals surface area contributed by atoms with Crippen molar-refractivity contribution in [1.29, 1.82) is 0 Å². The first-order chi connectivity index (χ1) is 8.66. The van der Waals surface area contributed by atoms with E-state index in [0.29, 0.717) is 31.3 Å². The Labute approximate surface area is 105 Å². The van der Waals surface area contributed by atoms with Crippen molar-refractivity contribution in [2.24, 2.45) is 0 Å². The molecule has 1 amide bonds. The molecule has 96 valence electrons. The zero-order chi connectivity index (χ0) is 13.0. The second-order valence-corrected chi connectivity index (χ2v) is 4.07. The van der Waals surface area contributed by atoms with Crippen molar-refractivity contribution in [3.8, 4) is 11.5 Å². The maximum atomic E-state index is 11.1. The minimum absolute atomic E-state index is 0.301. The first-order valence-electron chi connectivity index (χ1n) is 5.84. The summed E-state index contributed by atoms with van der Waals surface area (Å²) in [4.78, 5) is 21.9. The number of benzene rings is 1. The molecule has 0 aromatic heterocycles. The molecule has 0 aliphatic carbocycles. The van der Waals surface area contributed by atoms with Crippen LogP contribution in [0.4, 0.5) is 0 Å². The summed E-state index contributed by atoms with van der Waals surface area (Å²) in [5.41, 5.74) is 0.869. The van der Waals surface area contributed by atoms with Crippen molar-refractivity contribution in [3.63, 3.8) is 0 Å². The molecule has 2 rings (SSSR count). The minimum atomic E-state index is -0.581. The first-order valence-corrected chi connectivity index (χ1v) is 5.84. The Morgan fingerprint density at radius 1 is 1.22 bits per heavy atom. The molecule has 18 heavy (non-hydrogen) atoms. The molecule has 1 aliphatic rings. The summed E-state index contributed by atoms with van der Waals surface area (Å²) in [6, 6.07) is 5.48. The second-order valence-electron chi connectivity index (χ2n) is 4.07. The molecule has 0 spiro atoms. The number of Topliss-reactive ketones (excluding diaryl/α,β-unsaturated/α-hetero) is 1. The second kappa shape index (κ2) is 5.53. The molecule has 5 nitrogen and oxygen atoms in total. The largest absolute Gasteiger partial charge is 0.490 e. The molecule has 1 heterocycles. The predicted molar refractivity (Wildman–Crippen MR) is 64.6 cm³/mol. The third kappa shape index (κ3) is 3.00. The van der Waals surface area contributed by atoms with Gasteiger partial charge in [-0.2, -0.15) is 0 Å². The highest BCUT2D eigenvalue weighted by molar-refractivity contribution is 6.35. The van der Waals surface area contributed by atoms with Crippen molar-refractivity contribution < 1.29 is 19.1 Å². The van der Waals surface area contributed by atoms with E-state index in [1.54, 1.807) is 0 Å². The zero-order valence-corrected chi connectivity index (χ0v) is 10.2. The quantitative estimate of drug-likeness (QED) is 0.813. The van der Waals surface area contributed by atoms with Gasteiger partial charge in [0.25, 0.3) is 5.91 Å². The fourth-order valence-electron chi connectivity index (χ4n) is 1.62. The van der Waals surface area contributed by atoms with Gasteiger partial charge in [-0.15, -0.1) is 0 Å².